The third-order valence-corrected chi connectivity index (χ3v) is 8.17. The van der Waals surface area contributed by atoms with Crippen LogP contribution in [0.15, 0.2) is 72.4 Å². The van der Waals surface area contributed by atoms with Gasteiger partial charge >= 0.3 is 0 Å². The van der Waals surface area contributed by atoms with E-state index in [1.807, 2.05) is 24.1 Å². The fourth-order valence-electron chi connectivity index (χ4n) is 4.39. The predicted molar refractivity (Wildman–Crippen MR) is 159 cm³/mol. The molecule has 0 bridgehead atoms. The van der Waals surface area contributed by atoms with Crippen LogP contribution in [0.25, 0.3) is 6.08 Å². The Balaban J connectivity index is 1.54. The fraction of sp³-hybridized carbons (Fsp3) is 0.355. The Morgan fingerprint density at radius 1 is 1.08 bits per heavy atom. The summed E-state index contributed by atoms with van der Waals surface area (Å²) in [6.45, 7) is 8.65. The Bertz CT molecular complexity index is 1350. The number of rotatable bonds is 15. The van der Waals surface area contributed by atoms with Crippen LogP contribution >= 0.6 is 0 Å². The molecule has 6 nitrogen and oxygen atoms in total. The minimum atomic E-state index is -3.49. The van der Waals surface area contributed by atoms with Crippen molar-refractivity contribution >= 4 is 33.2 Å². The van der Waals surface area contributed by atoms with Gasteiger partial charge < -0.3 is 10.3 Å². The highest BCUT2D eigenvalue weighted by atomic mass is 32.2. The van der Waals surface area contributed by atoms with Crippen LogP contribution in [0, 0.1) is 17.1 Å². The number of hydrogen-bond donors (Lipinski definition) is 2. The second-order valence-corrected chi connectivity index (χ2v) is 11.9. The molecule has 2 N–H and O–H groups in total. The van der Waals surface area contributed by atoms with E-state index in [1.165, 1.54) is 12.1 Å². The van der Waals surface area contributed by atoms with E-state index in [0.717, 1.165) is 60.2 Å². The first-order valence-corrected chi connectivity index (χ1v) is 14.9. The fourth-order valence-corrected chi connectivity index (χ4v) is 5.46. The number of sulfonamides is 1. The number of anilines is 2. The monoisotopic (exact) mass is 550 g/mol. The summed E-state index contributed by atoms with van der Waals surface area (Å²) in [5.41, 5.74) is 4.70. The van der Waals surface area contributed by atoms with Crippen molar-refractivity contribution in [1.29, 1.82) is 5.41 Å². The van der Waals surface area contributed by atoms with Gasteiger partial charge in [-0.3, -0.25) is 4.98 Å². The predicted octanol–water partition coefficient (Wildman–Crippen LogP) is 7.13. The van der Waals surface area contributed by atoms with E-state index in [4.69, 9.17) is 5.41 Å². The molecule has 8 heteroatoms. The van der Waals surface area contributed by atoms with Gasteiger partial charge in [0.25, 0.3) is 0 Å². The van der Waals surface area contributed by atoms with Crippen molar-refractivity contribution in [1.82, 2.24) is 9.71 Å². The lowest BCUT2D eigenvalue weighted by atomic mass is 9.98. The van der Waals surface area contributed by atoms with Gasteiger partial charge in [0, 0.05) is 42.3 Å². The summed E-state index contributed by atoms with van der Waals surface area (Å²) < 4.78 is 41.1. The maximum absolute atomic E-state index is 13.4. The van der Waals surface area contributed by atoms with Gasteiger partial charge in [-0.05, 0) is 86.4 Å². The first-order chi connectivity index (χ1) is 18.6. The van der Waals surface area contributed by atoms with E-state index in [2.05, 4.69) is 30.1 Å². The van der Waals surface area contributed by atoms with Crippen molar-refractivity contribution in [3.63, 3.8) is 0 Å². The largest absolute Gasteiger partial charge is 0.343 e. The molecule has 3 rings (SSSR count). The lowest BCUT2D eigenvalue weighted by Gasteiger charge is -2.23. The number of benzene rings is 2. The molecule has 39 heavy (non-hydrogen) atoms. The van der Waals surface area contributed by atoms with Crippen LogP contribution in [0.3, 0.4) is 0 Å². The Morgan fingerprint density at radius 2 is 1.77 bits per heavy atom. The summed E-state index contributed by atoms with van der Waals surface area (Å²) in [6, 6.07) is 13.3. The van der Waals surface area contributed by atoms with Gasteiger partial charge in [0.05, 0.1) is 16.8 Å². The molecule has 0 aliphatic heterocycles. The number of nitrogens with zero attached hydrogens (tertiary/aromatic N) is 2. The zero-order valence-electron chi connectivity index (χ0n) is 23.1. The first kappa shape index (κ1) is 30.2. The van der Waals surface area contributed by atoms with Crippen LogP contribution in [0.1, 0.15) is 62.6 Å². The molecule has 0 radical (unpaired) electrons. The van der Waals surface area contributed by atoms with Crippen LogP contribution in [0.5, 0.6) is 0 Å². The summed E-state index contributed by atoms with van der Waals surface area (Å²) in [7, 11) is -1.61. The van der Waals surface area contributed by atoms with Crippen LogP contribution in [-0.4, -0.2) is 32.7 Å². The van der Waals surface area contributed by atoms with E-state index in [9.17, 15) is 12.8 Å². The molecule has 0 atom stereocenters. The Kier molecular flexibility index (Phi) is 10.9. The molecule has 0 unspecified atom stereocenters. The van der Waals surface area contributed by atoms with Gasteiger partial charge in [0.15, 0.2) is 0 Å². The number of nitrogens with one attached hydrogen (secondary N) is 2. The average molecular weight is 551 g/mol. The molecule has 2 aromatic carbocycles. The third kappa shape index (κ3) is 8.57. The molecule has 0 aliphatic rings. The van der Waals surface area contributed by atoms with Crippen molar-refractivity contribution in [2.24, 2.45) is 5.92 Å². The molecule has 0 amide bonds. The highest BCUT2D eigenvalue weighted by molar-refractivity contribution is 7.89. The topological polar surface area (TPSA) is 86.1 Å². The van der Waals surface area contributed by atoms with Crippen molar-refractivity contribution in [2.45, 2.75) is 57.3 Å². The summed E-state index contributed by atoms with van der Waals surface area (Å²) in [5, 5.41) is 8.69. The van der Waals surface area contributed by atoms with Crippen molar-refractivity contribution < 1.29 is 12.8 Å². The number of hydrogen-bond acceptors (Lipinski definition) is 5. The lowest BCUT2D eigenvalue weighted by molar-refractivity contribution is 0.540. The highest BCUT2D eigenvalue weighted by Crippen LogP contribution is 2.30. The zero-order chi connectivity index (χ0) is 28.4. The Morgan fingerprint density at radius 3 is 2.41 bits per heavy atom. The van der Waals surface area contributed by atoms with Gasteiger partial charge in [-0.25, -0.2) is 17.5 Å². The molecule has 0 aliphatic carbocycles. The number of aromatic nitrogens is 1. The van der Waals surface area contributed by atoms with Gasteiger partial charge in [0.1, 0.15) is 5.82 Å². The SMILES string of the molecule is C=Cc1c(C(=N)CCCCc2ccc(S(=O)(=O)NCCCC(C)C)cc2)cncc1N(C)c1ccc(F)cc1. The first-order valence-electron chi connectivity index (χ1n) is 13.4. The molecule has 1 heterocycles. The summed E-state index contributed by atoms with van der Waals surface area (Å²) in [5.74, 6) is 0.258. The quantitative estimate of drug-likeness (QED) is 0.156. The van der Waals surface area contributed by atoms with E-state index in [0.29, 0.717) is 24.6 Å². The number of pyridine rings is 1. The van der Waals surface area contributed by atoms with Gasteiger partial charge in [-0.1, -0.05) is 38.6 Å². The normalized spacial score (nSPS) is 11.5. The number of unbranched alkanes of at least 4 members (excludes halogenated alkanes) is 1. The Labute approximate surface area is 232 Å². The van der Waals surface area contributed by atoms with E-state index < -0.39 is 10.0 Å². The Hall–Kier alpha value is -3.36. The molecular formula is C31H39FN4O2S. The molecular weight excluding hydrogens is 511 g/mol. The molecule has 3 aromatic rings. The number of aryl methyl sites for hydroxylation is 1. The van der Waals surface area contributed by atoms with Crippen molar-refractivity contribution in [2.75, 3.05) is 18.5 Å². The average Bonchev–Trinajstić information content (AvgIpc) is 2.93. The third-order valence-electron chi connectivity index (χ3n) is 6.70. The summed E-state index contributed by atoms with van der Waals surface area (Å²) in [4.78, 5) is 6.55. The highest BCUT2D eigenvalue weighted by Gasteiger charge is 2.16. The van der Waals surface area contributed by atoms with Gasteiger partial charge in [0.2, 0.25) is 10.0 Å². The van der Waals surface area contributed by atoms with Crippen molar-refractivity contribution in [3.05, 3.63) is 90.0 Å². The molecule has 0 spiro atoms. The van der Waals surface area contributed by atoms with Crippen LogP contribution in [-0.2, 0) is 16.4 Å². The van der Waals surface area contributed by atoms with E-state index in [-0.39, 0.29) is 10.7 Å². The molecule has 0 saturated carbocycles. The van der Waals surface area contributed by atoms with E-state index in [1.54, 1.807) is 42.7 Å². The molecule has 208 valence electrons. The van der Waals surface area contributed by atoms with Gasteiger partial charge in [-0.15, -0.1) is 0 Å². The van der Waals surface area contributed by atoms with Crippen molar-refractivity contribution in [3.8, 4) is 0 Å². The van der Waals surface area contributed by atoms with Gasteiger partial charge in [-0.2, -0.15) is 0 Å². The van der Waals surface area contributed by atoms with Crippen LogP contribution in [0.2, 0.25) is 0 Å². The second kappa shape index (κ2) is 14.1. The molecule has 0 saturated heterocycles. The minimum Gasteiger partial charge on any atom is -0.343 e. The second-order valence-electron chi connectivity index (χ2n) is 10.1. The molecule has 0 fully saturated rings. The summed E-state index contributed by atoms with van der Waals surface area (Å²) in [6.07, 6.45) is 10.0. The smallest absolute Gasteiger partial charge is 0.240 e. The van der Waals surface area contributed by atoms with Crippen LogP contribution < -0.4 is 9.62 Å². The maximum Gasteiger partial charge on any atom is 0.240 e. The number of halogens is 1. The van der Waals surface area contributed by atoms with E-state index >= 15 is 0 Å². The maximum atomic E-state index is 13.4. The molecule has 1 aromatic heterocycles. The summed E-state index contributed by atoms with van der Waals surface area (Å²) >= 11 is 0. The zero-order valence-corrected chi connectivity index (χ0v) is 23.9. The van der Waals surface area contributed by atoms with Crippen LogP contribution in [0.4, 0.5) is 15.8 Å². The lowest BCUT2D eigenvalue weighted by Crippen LogP contribution is -2.25. The standard InChI is InChI=1S/C31H39FN4O2S/c1-5-28-29(21-34-22-31(28)36(4)26-16-14-25(32)15-17-26)30(33)11-7-6-10-24-12-18-27(19-13-24)39(37,38)35-20-8-9-23(2)3/h5,12-19,21-23,33,35H,1,6-11,20H2,2-4H3. The minimum absolute atomic E-state index is 0.285.